The molecule has 3 nitrogen and oxygen atoms in total. The van der Waals surface area contributed by atoms with Gasteiger partial charge in [0, 0.05) is 12.5 Å². The number of ether oxygens (including phenoxy) is 1. The molecule has 0 spiro atoms. The molecule has 88 valence electrons. The van der Waals surface area contributed by atoms with E-state index in [-0.39, 0.29) is 12.5 Å². The Morgan fingerprint density at radius 3 is 3.06 bits per heavy atom. The first-order chi connectivity index (χ1) is 7.76. The largest absolute Gasteiger partial charge is 0.496 e. The number of aliphatic hydroxyl groups excluding tert-OH is 1. The Morgan fingerprint density at radius 2 is 2.38 bits per heavy atom. The highest BCUT2D eigenvalue weighted by molar-refractivity contribution is 9.10. The highest BCUT2D eigenvalue weighted by atomic mass is 79.9. The SMILES string of the molecule is COc1cc2c(cc1Br)C(CO)CNCC2. The summed E-state index contributed by atoms with van der Waals surface area (Å²) in [4.78, 5) is 0. The third-order valence-corrected chi connectivity index (χ3v) is 3.66. The van der Waals surface area contributed by atoms with Crippen molar-refractivity contribution in [3.63, 3.8) is 0 Å². The molecule has 0 amide bonds. The van der Waals surface area contributed by atoms with Gasteiger partial charge in [0.25, 0.3) is 0 Å². The van der Waals surface area contributed by atoms with E-state index in [9.17, 15) is 5.11 Å². The molecule has 0 fully saturated rings. The molecule has 1 aliphatic rings. The smallest absolute Gasteiger partial charge is 0.133 e. The molecule has 0 saturated heterocycles. The Bertz CT molecular complexity index is 382. The van der Waals surface area contributed by atoms with Crippen LogP contribution in [-0.2, 0) is 6.42 Å². The van der Waals surface area contributed by atoms with Crippen molar-refractivity contribution in [2.75, 3.05) is 26.8 Å². The summed E-state index contributed by atoms with van der Waals surface area (Å²) in [5, 5.41) is 12.7. The minimum absolute atomic E-state index is 0.179. The van der Waals surface area contributed by atoms with Crippen molar-refractivity contribution >= 4 is 15.9 Å². The van der Waals surface area contributed by atoms with Gasteiger partial charge in [0.05, 0.1) is 18.2 Å². The van der Waals surface area contributed by atoms with Crippen LogP contribution in [0.1, 0.15) is 17.0 Å². The highest BCUT2D eigenvalue weighted by Gasteiger charge is 2.19. The van der Waals surface area contributed by atoms with Gasteiger partial charge in [0.15, 0.2) is 0 Å². The third kappa shape index (κ3) is 2.24. The van der Waals surface area contributed by atoms with E-state index in [1.54, 1.807) is 7.11 Å². The zero-order valence-corrected chi connectivity index (χ0v) is 10.9. The summed E-state index contributed by atoms with van der Waals surface area (Å²) < 4.78 is 6.24. The van der Waals surface area contributed by atoms with E-state index in [1.165, 1.54) is 11.1 Å². The van der Waals surface area contributed by atoms with Crippen molar-refractivity contribution < 1.29 is 9.84 Å². The fraction of sp³-hybridized carbons (Fsp3) is 0.500. The molecule has 1 atom stereocenters. The molecule has 0 aromatic heterocycles. The Balaban J connectivity index is 2.45. The average Bonchev–Trinajstić information content (AvgIpc) is 2.49. The standard InChI is InChI=1S/C12H16BrNO2/c1-16-12-4-8-2-3-14-6-9(7-15)10(8)5-11(12)13/h4-5,9,14-15H,2-3,6-7H2,1H3. The normalized spacial score (nSPS) is 20.1. The fourth-order valence-corrected chi connectivity index (χ4v) is 2.66. The number of benzene rings is 1. The van der Waals surface area contributed by atoms with Crippen LogP contribution in [0.15, 0.2) is 16.6 Å². The predicted molar refractivity (Wildman–Crippen MR) is 67.1 cm³/mol. The molecule has 1 heterocycles. The first-order valence-corrected chi connectivity index (χ1v) is 6.23. The lowest BCUT2D eigenvalue weighted by molar-refractivity contribution is 0.263. The molecule has 2 rings (SSSR count). The molecule has 4 heteroatoms. The molecule has 16 heavy (non-hydrogen) atoms. The monoisotopic (exact) mass is 285 g/mol. The van der Waals surface area contributed by atoms with Crippen LogP contribution in [0.25, 0.3) is 0 Å². The maximum Gasteiger partial charge on any atom is 0.133 e. The number of aliphatic hydroxyl groups is 1. The number of hydrogen-bond acceptors (Lipinski definition) is 3. The average molecular weight is 286 g/mol. The molecule has 0 saturated carbocycles. The van der Waals surface area contributed by atoms with Crippen molar-refractivity contribution in [3.05, 3.63) is 27.7 Å². The van der Waals surface area contributed by atoms with Crippen LogP contribution in [0.4, 0.5) is 0 Å². The zero-order chi connectivity index (χ0) is 11.5. The van der Waals surface area contributed by atoms with Crippen molar-refractivity contribution in [3.8, 4) is 5.75 Å². The van der Waals surface area contributed by atoms with Crippen LogP contribution in [0.3, 0.4) is 0 Å². The summed E-state index contributed by atoms with van der Waals surface area (Å²) >= 11 is 3.49. The molecule has 1 aromatic carbocycles. The Morgan fingerprint density at radius 1 is 1.56 bits per heavy atom. The van der Waals surface area contributed by atoms with Crippen molar-refractivity contribution in [2.24, 2.45) is 0 Å². The van der Waals surface area contributed by atoms with Gasteiger partial charge in [-0.3, -0.25) is 0 Å². The Kier molecular flexibility index (Phi) is 3.84. The van der Waals surface area contributed by atoms with Crippen molar-refractivity contribution in [1.82, 2.24) is 5.32 Å². The molecule has 1 aromatic rings. The van der Waals surface area contributed by atoms with Crippen LogP contribution in [0, 0.1) is 0 Å². The van der Waals surface area contributed by atoms with Gasteiger partial charge in [0.2, 0.25) is 0 Å². The van der Waals surface area contributed by atoms with Gasteiger partial charge in [-0.2, -0.15) is 0 Å². The van der Waals surface area contributed by atoms with Gasteiger partial charge >= 0.3 is 0 Å². The minimum Gasteiger partial charge on any atom is -0.496 e. The zero-order valence-electron chi connectivity index (χ0n) is 9.29. The first kappa shape index (κ1) is 11.9. The molecule has 2 N–H and O–H groups in total. The summed E-state index contributed by atoms with van der Waals surface area (Å²) in [5.41, 5.74) is 2.49. The molecule has 1 aliphatic heterocycles. The Hall–Kier alpha value is -0.580. The van der Waals surface area contributed by atoms with E-state index in [0.29, 0.717) is 0 Å². The summed E-state index contributed by atoms with van der Waals surface area (Å²) in [7, 11) is 1.67. The third-order valence-electron chi connectivity index (χ3n) is 3.04. The van der Waals surface area contributed by atoms with Crippen molar-refractivity contribution in [1.29, 1.82) is 0 Å². The van der Waals surface area contributed by atoms with Crippen LogP contribution >= 0.6 is 15.9 Å². The second-order valence-electron chi connectivity index (χ2n) is 4.02. The maximum atomic E-state index is 9.39. The van der Waals surface area contributed by atoms with E-state index >= 15 is 0 Å². The number of methoxy groups -OCH3 is 1. The van der Waals surface area contributed by atoms with E-state index in [4.69, 9.17) is 4.74 Å². The summed E-state index contributed by atoms with van der Waals surface area (Å²) in [5.74, 6) is 1.04. The summed E-state index contributed by atoms with van der Waals surface area (Å²) in [6, 6.07) is 4.14. The Labute approximate surface area is 104 Å². The molecule has 0 aliphatic carbocycles. The molecule has 0 radical (unpaired) electrons. The molecular formula is C12H16BrNO2. The van der Waals surface area contributed by atoms with Crippen LogP contribution < -0.4 is 10.1 Å². The van der Waals surface area contributed by atoms with Gasteiger partial charge in [-0.1, -0.05) is 0 Å². The van der Waals surface area contributed by atoms with Gasteiger partial charge in [-0.15, -0.1) is 0 Å². The quantitative estimate of drug-likeness (QED) is 0.869. The lowest BCUT2D eigenvalue weighted by atomic mass is 9.94. The summed E-state index contributed by atoms with van der Waals surface area (Å²) in [6.07, 6.45) is 0.982. The number of rotatable bonds is 2. The number of fused-ring (bicyclic) bond motifs is 1. The van der Waals surface area contributed by atoms with E-state index in [0.717, 1.165) is 29.7 Å². The van der Waals surface area contributed by atoms with Crippen molar-refractivity contribution in [2.45, 2.75) is 12.3 Å². The molecule has 1 unspecified atom stereocenters. The number of halogens is 1. The van der Waals surface area contributed by atoms with Gasteiger partial charge < -0.3 is 15.2 Å². The minimum atomic E-state index is 0.179. The number of hydrogen-bond donors (Lipinski definition) is 2. The van der Waals surface area contributed by atoms with Crippen LogP contribution in [0.5, 0.6) is 5.75 Å². The maximum absolute atomic E-state index is 9.39. The van der Waals surface area contributed by atoms with E-state index in [1.807, 2.05) is 0 Å². The number of nitrogens with one attached hydrogen (secondary N) is 1. The lowest BCUT2D eigenvalue weighted by Crippen LogP contribution is -2.22. The van der Waals surface area contributed by atoms with E-state index in [2.05, 4.69) is 33.4 Å². The molecule has 0 bridgehead atoms. The lowest BCUT2D eigenvalue weighted by Gasteiger charge is -2.16. The first-order valence-electron chi connectivity index (χ1n) is 5.44. The highest BCUT2D eigenvalue weighted by Crippen LogP contribution is 2.33. The second-order valence-corrected chi connectivity index (χ2v) is 4.87. The van der Waals surface area contributed by atoms with E-state index < -0.39 is 0 Å². The van der Waals surface area contributed by atoms with Crippen LogP contribution in [-0.4, -0.2) is 31.9 Å². The molecular weight excluding hydrogens is 270 g/mol. The topological polar surface area (TPSA) is 41.5 Å². The second kappa shape index (κ2) is 5.17. The fourth-order valence-electron chi connectivity index (χ4n) is 2.14. The predicted octanol–water partition coefficient (Wildman–Crippen LogP) is 1.68. The van der Waals surface area contributed by atoms with Gasteiger partial charge in [0.1, 0.15) is 5.75 Å². The van der Waals surface area contributed by atoms with Crippen LogP contribution in [0.2, 0.25) is 0 Å². The van der Waals surface area contributed by atoms with Gasteiger partial charge in [-0.05, 0) is 52.2 Å². The summed E-state index contributed by atoms with van der Waals surface area (Å²) in [6.45, 7) is 1.97. The van der Waals surface area contributed by atoms with Gasteiger partial charge in [-0.25, -0.2) is 0 Å².